The molecule has 5 heteroatoms. The molecule has 0 aromatic carbocycles. The molecule has 0 bridgehead atoms. The van der Waals surface area contributed by atoms with Crippen LogP contribution in [0.4, 0.5) is 0 Å². The lowest BCUT2D eigenvalue weighted by Gasteiger charge is -2.26. The number of carbonyl (C=O) groups excluding carboxylic acids is 1. The summed E-state index contributed by atoms with van der Waals surface area (Å²) in [5.74, 6) is -0.149. The van der Waals surface area contributed by atoms with Crippen molar-refractivity contribution < 1.29 is 20.1 Å². The highest BCUT2D eigenvalue weighted by Crippen LogP contribution is 2.18. The number of aliphatic hydroxyl groups excluding tert-OH is 3. The van der Waals surface area contributed by atoms with Gasteiger partial charge in [0.1, 0.15) is 6.10 Å². The van der Waals surface area contributed by atoms with Crippen LogP contribution in [0.5, 0.6) is 0 Å². The van der Waals surface area contributed by atoms with E-state index in [0.29, 0.717) is 12.8 Å². The van der Waals surface area contributed by atoms with Crippen molar-refractivity contribution >= 4 is 5.91 Å². The van der Waals surface area contributed by atoms with Crippen molar-refractivity contribution in [1.29, 1.82) is 0 Å². The van der Waals surface area contributed by atoms with Gasteiger partial charge in [-0.3, -0.25) is 4.79 Å². The molecule has 0 saturated carbocycles. The molecule has 4 N–H and O–H groups in total. The highest BCUT2D eigenvalue weighted by atomic mass is 16.3. The molecule has 0 rings (SSSR count). The van der Waals surface area contributed by atoms with Crippen molar-refractivity contribution in [2.75, 3.05) is 6.61 Å². The zero-order valence-corrected chi connectivity index (χ0v) is 48.8. The fourth-order valence-electron chi connectivity index (χ4n) is 10.4. The lowest BCUT2D eigenvalue weighted by molar-refractivity contribution is -0.124. The summed E-state index contributed by atoms with van der Waals surface area (Å²) < 4.78 is 0. The molecule has 0 radical (unpaired) electrons. The molecule has 3 unspecified atom stereocenters. The van der Waals surface area contributed by atoms with Crippen molar-refractivity contribution in [2.45, 2.75) is 379 Å². The van der Waals surface area contributed by atoms with Crippen LogP contribution in [-0.2, 0) is 4.79 Å². The van der Waals surface area contributed by atoms with E-state index in [-0.39, 0.29) is 12.5 Å². The average Bonchev–Trinajstić information content (AvgIpc) is 3.39. The van der Waals surface area contributed by atoms with Gasteiger partial charge >= 0.3 is 0 Å². The van der Waals surface area contributed by atoms with E-state index in [9.17, 15) is 20.1 Å². The molecule has 0 spiro atoms. The van der Waals surface area contributed by atoms with Gasteiger partial charge in [-0.2, -0.15) is 0 Å². The third-order valence-electron chi connectivity index (χ3n) is 15.5. The van der Waals surface area contributed by atoms with Crippen molar-refractivity contribution in [1.82, 2.24) is 5.32 Å². The quantitative estimate of drug-likeness (QED) is 0.0361. The van der Waals surface area contributed by atoms with Crippen molar-refractivity contribution in [2.24, 2.45) is 0 Å². The molecule has 0 aliphatic heterocycles. The van der Waals surface area contributed by atoms with E-state index in [4.69, 9.17) is 0 Å². The second-order valence-corrected chi connectivity index (χ2v) is 22.7. The number of amides is 1. The van der Waals surface area contributed by atoms with Gasteiger partial charge in [0.15, 0.2) is 0 Å². The summed E-state index contributed by atoms with van der Waals surface area (Å²) >= 11 is 0. The van der Waals surface area contributed by atoms with Gasteiger partial charge in [-0.25, -0.2) is 0 Å². The molecule has 0 fully saturated rings. The lowest BCUT2D eigenvalue weighted by atomic mass is 10.0. The predicted molar refractivity (Wildman–Crippen MR) is 319 cm³/mol. The third kappa shape index (κ3) is 56.3. The average molecular weight is 1010 g/mol. The Labute approximate surface area is 451 Å². The predicted octanol–water partition coefficient (Wildman–Crippen LogP) is 21.0. The Hall–Kier alpha value is -1.43. The van der Waals surface area contributed by atoms with Crippen LogP contribution < -0.4 is 5.32 Å². The van der Waals surface area contributed by atoms with Gasteiger partial charge in [-0.1, -0.05) is 320 Å². The summed E-state index contributed by atoms with van der Waals surface area (Å²) in [6, 6.07) is -0.827. The van der Waals surface area contributed by atoms with Crippen molar-refractivity contribution in [3.8, 4) is 0 Å². The Balaban J connectivity index is 3.49. The first kappa shape index (κ1) is 70.6. The van der Waals surface area contributed by atoms with Crippen LogP contribution in [0, 0.1) is 0 Å². The Kier molecular flexibility index (Phi) is 60.9. The molecule has 0 aliphatic carbocycles. The summed E-state index contributed by atoms with van der Waals surface area (Å²) in [7, 11) is 0. The number of carbonyl (C=O) groups is 1. The summed E-state index contributed by atoms with van der Waals surface area (Å²) in [5.41, 5.74) is 0. The van der Waals surface area contributed by atoms with Crippen LogP contribution in [0.1, 0.15) is 361 Å². The summed E-state index contributed by atoms with van der Waals surface area (Å²) in [6.07, 6.45) is 82.0. The highest BCUT2D eigenvalue weighted by Gasteiger charge is 2.26. The van der Waals surface area contributed by atoms with E-state index < -0.39 is 18.2 Å². The molecule has 0 saturated heterocycles. The van der Waals surface area contributed by atoms with Gasteiger partial charge in [-0.05, 0) is 70.6 Å². The van der Waals surface area contributed by atoms with E-state index in [2.05, 4.69) is 55.6 Å². The summed E-state index contributed by atoms with van der Waals surface area (Å²) in [6.45, 7) is 4.21. The Morgan fingerprint density at radius 2 is 0.597 bits per heavy atom. The smallest absolute Gasteiger partial charge is 0.220 e. The first-order chi connectivity index (χ1) is 35.6. The number of nitrogens with one attached hydrogen (secondary N) is 1. The monoisotopic (exact) mass is 1010 g/mol. The Morgan fingerprint density at radius 3 is 0.889 bits per heavy atom. The zero-order chi connectivity index (χ0) is 52.2. The van der Waals surface area contributed by atoms with E-state index in [1.54, 1.807) is 0 Å². The number of hydrogen-bond acceptors (Lipinski definition) is 4. The van der Waals surface area contributed by atoms with Crippen molar-refractivity contribution in [3.05, 3.63) is 36.5 Å². The Bertz CT molecular complexity index is 1120. The van der Waals surface area contributed by atoms with Crippen LogP contribution >= 0.6 is 0 Å². The highest BCUT2D eigenvalue weighted by molar-refractivity contribution is 5.76. The number of rotatable bonds is 61. The largest absolute Gasteiger partial charge is 0.394 e. The molecule has 3 atom stereocenters. The van der Waals surface area contributed by atoms with E-state index in [1.807, 2.05) is 0 Å². The van der Waals surface area contributed by atoms with Crippen LogP contribution in [0.2, 0.25) is 0 Å². The lowest BCUT2D eigenvalue weighted by Crippen LogP contribution is -2.50. The topological polar surface area (TPSA) is 89.8 Å². The zero-order valence-electron chi connectivity index (χ0n) is 48.8. The third-order valence-corrected chi connectivity index (χ3v) is 15.5. The second kappa shape index (κ2) is 62.1. The molecular weight excluding hydrogens is 883 g/mol. The van der Waals surface area contributed by atoms with E-state index >= 15 is 0 Å². The normalized spacial score (nSPS) is 13.3. The summed E-state index contributed by atoms with van der Waals surface area (Å²) in [4.78, 5) is 12.6. The molecule has 72 heavy (non-hydrogen) atoms. The molecule has 0 heterocycles. The number of unbranched alkanes of at least 4 members (excludes halogenated alkanes) is 47. The number of allylic oxidation sites excluding steroid dienone is 6. The van der Waals surface area contributed by atoms with Crippen LogP contribution in [0.25, 0.3) is 0 Å². The van der Waals surface area contributed by atoms with Gasteiger partial charge in [0.25, 0.3) is 0 Å². The molecular formula is C67H129NO4. The molecule has 0 aromatic rings. The molecule has 5 nitrogen and oxygen atoms in total. The number of aliphatic hydroxyl groups is 3. The van der Waals surface area contributed by atoms with Crippen molar-refractivity contribution in [3.63, 3.8) is 0 Å². The standard InChI is InChI=1S/C67H129NO4/c1-3-5-7-9-11-13-15-17-19-21-23-25-26-27-28-29-30-31-32-33-34-35-36-37-38-39-40-42-44-46-48-50-52-54-56-58-60-62-66(71)68-64(63-69)67(72)65(70)61-59-57-55-53-51-49-47-45-43-41-24-22-20-18-16-14-12-10-8-6-4-2/h28-29,31-32,53,55,64-65,67,69-70,72H,3-27,30,33-52,54,56-63H2,1-2H3,(H,68,71)/b29-28-,32-31-,55-53+. The van der Waals surface area contributed by atoms with Crippen LogP contribution in [0.3, 0.4) is 0 Å². The fourth-order valence-corrected chi connectivity index (χ4v) is 10.4. The van der Waals surface area contributed by atoms with Gasteiger partial charge in [0, 0.05) is 6.42 Å². The molecule has 1 amide bonds. The first-order valence-corrected chi connectivity index (χ1v) is 32.8. The van der Waals surface area contributed by atoms with E-state index in [1.165, 1.54) is 289 Å². The molecule has 0 aromatic heterocycles. The maximum atomic E-state index is 12.6. The van der Waals surface area contributed by atoms with Gasteiger partial charge in [0.2, 0.25) is 5.91 Å². The molecule has 426 valence electrons. The van der Waals surface area contributed by atoms with Gasteiger partial charge in [-0.15, -0.1) is 0 Å². The number of hydrogen-bond donors (Lipinski definition) is 4. The summed E-state index contributed by atoms with van der Waals surface area (Å²) in [5, 5.41) is 33.8. The van der Waals surface area contributed by atoms with Gasteiger partial charge in [0.05, 0.1) is 18.8 Å². The SMILES string of the molecule is CCCCCCCCCCCCCCC/C=C\C/C=C\CCCCCCCCCCCCCCCCCCCC(=O)NC(CO)C(O)C(O)CCC/C=C/CCCCCCCCCCCCCCCCCC. The van der Waals surface area contributed by atoms with Crippen LogP contribution in [-0.4, -0.2) is 46.1 Å². The van der Waals surface area contributed by atoms with E-state index in [0.717, 1.165) is 44.9 Å². The minimum atomic E-state index is -1.16. The maximum Gasteiger partial charge on any atom is 0.220 e. The second-order valence-electron chi connectivity index (χ2n) is 22.7. The maximum absolute atomic E-state index is 12.6. The fraction of sp³-hybridized carbons (Fsp3) is 0.896. The first-order valence-electron chi connectivity index (χ1n) is 32.8. The molecule has 0 aliphatic rings. The minimum Gasteiger partial charge on any atom is -0.394 e. The van der Waals surface area contributed by atoms with Crippen LogP contribution in [0.15, 0.2) is 36.5 Å². The minimum absolute atomic E-state index is 0.149. The Morgan fingerprint density at radius 1 is 0.347 bits per heavy atom. The van der Waals surface area contributed by atoms with Gasteiger partial charge < -0.3 is 20.6 Å².